The number of hydrogen-bond donors (Lipinski definition) is 2. The normalized spacial score (nSPS) is 7.64. The van der Waals surface area contributed by atoms with Gasteiger partial charge in [0.1, 0.15) is 0 Å². The first-order chi connectivity index (χ1) is 4.91. The van der Waals surface area contributed by atoms with Crippen LogP contribution in [0.3, 0.4) is 0 Å². The minimum absolute atomic E-state index is 0.0417. The second-order valence-electron chi connectivity index (χ2n) is 2.01. The predicted molar refractivity (Wildman–Crippen MR) is 41.1 cm³/mol. The molecule has 5 heteroatoms. The van der Waals surface area contributed by atoms with E-state index in [1.807, 2.05) is 0 Å². The minimum Gasteiger partial charge on any atom is -0.481 e. The molecule has 5 nitrogen and oxygen atoms in total. The molecule has 0 saturated carbocycles. The fourth-order valence-electron chi connectivity index (χ4n) is 0.183. The smallest absolute Gasteiger partial charge is 0.300 e. The maximum Gasteiger partial charge on any atom is 0.300 e. The Bertz CT molecular complexity index is 130. The van der Waals surface area contributed by atoms with Gasteiger partial charge in [0, 0.05) is 21.0 Å². The van der Waals surface area contributed by atoms with Crippen LogP contribution in [0.5, 0.6) is 0 Å². The van der Waals surface area contributed by atoms with Crippen molar-refractivity contribution in [2.45, 2.75) is 6.92 Å². The topological polar surface area (TPSA) is 83.6 Å². The van der Waals surface area contributed by atoms with Gasteiger partial charge in [-0.3, -0.25) is 9.59 Å². The van der Waals surface area contributed by atoms with Crippen molar-refractivity contribution in [2.24, 2.45) is 5.73 Å². The molecule has 0 aliphatic carbocycles. The van der Waals surface area contributed by atoms with Crippen molar-refractivity contribution in [1.29, 1.82) is 0 Å². The second-order valence-corrected chi connectivity index (χ2v) is 2.01. The third-order valence-electron chi connectivity index (χ3n) is 0.673. The first kappa shape index (κ1) is 12.6. The largest absolute Gasteiger partial charge is 0.481 e. The van der Waals surface area contributed by atoms with E-state index in [0.29, 0.717) is 0 Å². The highest BCUT2D eigenvalue weighted by atomic mass is 16.4. The van der Waals surface area contributed by atoms with Gasteiger partial charge in [0.2, 0.25) is 5.91 Å². The van der Waals surface area contributed by atoms with Gasteiger partial charge < -0.3 is 15.7 Å². The molecule has 0 atom stereocenters. The zero-order valence-corrected chi connectivity index (χ0v) is 7.00. The highest BCUT2D eigenvalue weighted by molar-refractivity contribution is 5.77. The van der Waals surface area contributed by atoms with E-state index in [-0.39, 0.29) is 12.5 Å². The van der Waals surface area contributed by atoms with Gasteiger partial charge in [-0.05, 0) is 0 Å². The van der Waals surface area contributed by atoms with Gasteiger partial charge in [-0.1, -0.05) is 0 Å². The fraction of sp³-hybridized carbons (Fsp3) is 0.667. The van der Waals surface area contributed by atoms with Crippen LogP contribution in [0.1, 0.15) is 6.92 Å². The number of rotatable bonds is 1. The van der Waals surface area contributed by atoms with Crippen LogP contribution >= 0.6 is 0 Å². The van der Waals surface area contributed by atoms with Crippen LogP contribution in [0.4, 0.5) is 0 Å². The number of nitrogens with two attached hydrogens (primary N) is 1. The maximum absolute atomic E-state index is 10.3. The Kier molecular flexibility index (Phi) is 8.01. The average Bonchev–Trinajstić information content (AvgIpc) is 1.85. The minimum atomic E-state index is -0.833. The Labute approximate surface area is 65.8 Å². The molecule has 66 valence electrons. The van der Waals surface area contributed by atoms with Crippen LogP contribution < -0.4 is 5.73 Å². The first-order valence-corrected chi connectivity index (χ1v) is 3.01. The van der Waals surface area contributed by atoms with Crippen molar-refractivity contribution in [1.82, 2.24) is 4.90 Å². The number of carbonyl (C=O) groups excluding carboxylic acids is 1. The van der Waals surface area contributed by atoms with Gasteiger partial charge in [0.05, 0.1) is 6.54 Å². The van der Waals surface area contributed by atoms with Crippen LogP contribution in [0, 0.1) is 0 Å². The van der Waals surface area contributed by atoms with Crippen molar-refractivity contribution in [3.8, 4) is 0 Å². The molecule has 0 aromatic carbocycles. The first-order valence-electron chi connectivity index (χ1n) is 3.01. The molecule has 11 heavy (non-hydrogen) atoms. The summed E-state index contributed by atoms with van der Waals surface area (Å²) in [5.41, 5.74) is 4.98. The summed E-state index contributed by atoms with van der Waals surface area (Å²) < 4.78 is 0. The summed E-state index contributed by atoms with van der Waals surface area (Å²) in [6.07, 6.45) is 0. The molecule has 0 aromatic heterocycles. The van der Waals surface area contributed by atoms with E-state index in [9.17, 15) is 4.79 Å². The lowest BCUT2D eigenvalue weighted by Crippen LogP contribution is -2.28. The van der Waals surface area contributed by atoms with Gasteiger partial charge in [-0.2, -0.15) is 0 Å². The van der Waals surface area contributed by atoms with Gasteiger partial charge in [-0.25, -0.2) is 0 Å². The van der Waals surface area contributed by atoms with Crippen molar-refractivity contribution in [3.05, 3.63) is 0 Å². The number of carbonyl (C=O) groups is 2. The Hall–Kier alpha value is -1.10. The standard InChI is InChI=1S/C4H10N2O.C2H4O2/c1-6(2)4(7)3-5;1-2(3)4/h3,5H2,1-2H3;1H3,(H,3,4). The van der Waals surface area contributed by atoms with E-state index in [1.165, 1.54) is 4.90 Å². The lowest BCUT2D eigenvalue weighted by Gasteiger charge is -2.05. The molecule has 1 amide bonds. The number of likely N-dealkylation sites (N-methyl/N-ethyl adjacent to an activating group) is 1. The molecule has 0 spiro atoms. The van der Waals surface area contributed by atoms with Gasteiger partial charge in [0.15, 0.2) is 0 Å². The Morgan fingerprint density at radius 3 is 1.73 bits per heavy atom. The predicted octanol–water partition coefficient (Wildman–Crippen LogP) is -0.876. The SMILES string of the molecule is CC(=O)O.CN(C)C(=O)CN. The molecule has 0 rings (SSSR count). The summed E-state index contributed by atoms with van der Waals surface area (Å²) in [6, 6.07) is 0. The van der Waals surface area contributed by atoms with Crippen LogP contribution in [0.25, 0.3) is 0 Å². The number of carboxylic acids is 1. The lowest BCUT2D eigenvalue weighted by molar-refractivity contribution is -0.134. The van der Waals surface area contributed by atoms with Gasteiger partial charge in [0.25, 0.3) is 5.97 Å². The molecule has 0 heterocycles. The third kappa shape index (κ3) is 17.6. The molecule has 0 saturated heterocycles. The molecule has 0 bridgehead atoms. The molecule has 0 radical (unpaired) electrons. The number of amides is 1. The Morgan fingerprint density at radius 2 is 1.73 bits per heavy atom. The molecule has 0 unspecified atom stereocenters. The van der Waals surface area contributed by atoms with E-state index < -0.39 is 5.97 Å². The molecule has 0 aromatic rings. The van der Waals surface area contributed by atoms with Crippen molar-refractivity contribution >= 4 is 11.9 Å². The van der Waals surface area contributed by atoms with E-state index in [4.69, 9.17) is 15.6 Å². The Morgan fingerprint density at radius 1 is 1.45 bits per heavy atom. The van der Waals surface area contributed by atoms with Crippen LogP contribution in [0.15, 0.2) is 0 Å². The van der Waals surface area contributed by atoms with E-state index >= 15 is 0 Å². The van der Waals surface area contributed by atoms with Crippen LogP contribution in [0.2, 0.25) is 0 Å². The highest BCUT2D eigenvalue weighted by Crippen LogP contribution is 1.70. The Balaban J connectivity index is 0. The number of nitrogens with zero attached hydrogens (tertiary/aromatic N) is 1. The zero-order valence-electron chi connectivity index (χ0n) is 7.00. The highest BCUT2D eigenvalue weighted by Gasteiger charge is 1.95. The summed E-state index contributed by atoms with van der Waals surface area (Å²) >= 11 is 0. The molecule has 3 N–H and O–H groups in total. The molecule has 0 aliphatic heterocycles. The monoisotopic (exact) mass is 162 g/mol. The van der Waals surface area contributed by atoms with Crippen molar-refractivity contribution in [3.63, 3.8) is 0 Å². The third-order valence-corrected chi connectivity index (χ3v) is 0.673. The van der Waals surface area contributed by atoms with Crippen molar-refractivity contribution < 1.29 is 14.7 Å². The summed E-state index contributed by atoms with van der Waals surface area (Å²) in [4.78, 5) is 20.8. The molecule has 0 aliphatic rings. The van der Waals surface area contributed by atoms with E-state index in [1.54, 1.807) is 14.1 Å². The summed E-state index contributed by atoms with van der Waals surface area (Å²) in [7, 11) is 3.35. The average molecular weight is 162 g/mol. The van der Waals surface area contributed by atoms with E-state index in [0.717, 1.165) is 6.92 Å². The number of hydrogen-bond acceptors (Lipinski definition) is 3. The summed E-state index contributed by atoms with van der Waals surface area (Å²) in [6.45, 7) is 1.19. The summed E-state index contributed by atoms with van der Waals surface area (Å²) in [5, 5.41) is 7.42. The maximum atomic E-state index is 10.3. The number of carboxylic acid groups (broad SMARTS) is 1. The number of aliphatic carboxylic acids is 1. The van der Waals surface area contributed by atoms with Crippen molar-refractivity contribution in [2.75, 3.05) is 20.6 Å². The van der Waals surface area contributed by atoms with Crippen LogP contribution in [-0.4, -0.2) is 42.5 Å². The quantitative estimate of drug-likeness (QED) is 0.524. The fourth-order valence-corrected chi connectivity index (χ4v) is 0.183. The second kappa shape index (κ2) is 7.01. The van der Waals surface area contributed by atoms with E-state index in [2.05, 4.69) is 0 Å². The lowest BCUT2D eigenvalue weighted by atomic mass is 10.6. The molecule has 0 fully saturated rings. The van der Waals surface area contributed by atoms with Gasteiger partial charge in [-0.15, -0.1) is 0 Å². The van der Waals surface area contributed by atoms with Gasteiger partial charge >= 0.3 is 0 Å². The molecular weight excluding hydrogens is 148 g/mol. The molecular formula is C6H14N2O3. The summed E-state index contributed by atoms with van der Waals surface area (Å²) in [5.74, 6) is -0.875. The zero-order chi connectivity index (χ0) is 9.44. The van der Waals surface area contributed by atoms with Crippen LogP contribution in [-0.2, 0) is 9.59 Å².